The first-order valence-electron chi connectivity index (χ1n) is 8.30. The van der Waals surface area contributed by atoms with Gasteiger partial charge in [-0.05, 0) is 30.6 Å². The molecule has 0 spiro atoms. The number of aryl methyl sites for hydroxylation is 1. The Kier molecular flexibility index (Phi) is 4.00. The summed E-state index contributed by atoms with van der Waals surface area (Å²) in [4.78, 5) is 14.6. The molecule has 1 aromatic rings. The smallest absolute Gasteiger partial charge is 0.267 e. The lowest BCUT2D eigenvalue weighted by molar-refractivity contribution is -0.00799. The SMILES string of the molecule is O=c1cc2c(nn1CC1CN(C3CCCC3O)C1)CCSC2. The van der Waals surface area contributed by atoms with E-state index >= 15 is 0 Å². The van der Waals surface area contributed by atoms with E-state index in [1.54, 1.807) is 10.7 Å². The average Bonchev–Trinajstić information content (AvgIpc) is 2.88. The zero-order chi connectivity index (χ0) is 15.1. The highest BCUT2D eigenvalue weighted by Gasteiger charge is 2.38. The van der Waals surface area contributed by atoms with Crippen molar-refractivity contribution in [2.24, 2.45) is 5.92 Å². The Hall–Kier alpha value is -0.850. The maximum absolute atomic E-state index is 12.2. The second-order valence-corrected chi connectivity index (χ2v) is 7.93. The quantitative estimate of drug-likeness (QED) is 0.895. The fourth-order valence-electron chi connectivity index (χ4n) is 3.97. The van der Waals surface area contributed by atoms with Crippen molar-refractivity contribution in [1.82, 2.24) is 14.7 Å². The summed E-state index contributed by atoms with van der Waals surface area (Å²) in [5.41, 5.74) is 2.28. The normalized spacial score (nSPS) is 29.3. The van der Waals surface area contributed by atoms with E-state index in [2.05, 4.69) is 10.00 Å². The summed E-state index contributed by atoms with van der Waals surface area (Å²) in [5.74, 6) is 2.53. The molecule has 1 aromatic heterocycles. The Balaban J connectivity index is 1.40. The predicted octanol–water partition coefficient (Wildman–Crippen LogP) is 0.878. The number of hydrogen-bond donors (Lipinski definition) is 1. The van der Waals surface area contributed by atoms with Crippen molar-refractivity contribution in [3.8, 4) is 0 Å². The molecule has 6 heteroatoms. The van der Waals surface area contributed by atoms with Gasteiger partial charge in [-0.25, -0.2) is 4.68 Å². The number of nitrogens with zero attached hydrogens (tertiary/aromatic N) is 3. The molecule has 3 heterocycles. The van der Waals surface area contributed by atoms with E-state index in [9.17, 15) is 9.90 Å². The zero-order valence-electron chi connectivity index (χ0n) is 12.8. The van der Waals surface area contributed by atoms with Crippen LogP contribution in [0.25, 0.3) is 0 Å². The number of aliphatic hydroxyl groups is 1. The zero-order valence-corrected chi connectivity index (χ0v) is 13.6. The number of aliphatic hydroxyl groups excluding tert-OH is 1. The molecule has 2 unspecified atom stereocenters. The molecular formula is C16H23N3O2S. The van der Waals surface area contributed by atoms with Crippen LogP contribution in [0.1, 0.15) is 30.5 Å². The van der Waals surface area contributed by atoms with Gasteiger partial charge >= 0.3 is 0 Å². The Labute approximate surface area is 134 Å². The van der Waals surface area contributed by atoms with E-state index in [-0.39, 0.29) is 11.7 Å². The first-order chi connectivity index (χ1) is 10.7. The van der Waals surface area contributed by atoms with E-state index in [0.717, 1.165) is 68.1 Å². The maximum Gasteiger partial charge on any atom is 0.267 e. The number of fused-ring (bicyclic) bond motifs is 1. The van der Waals surface area contributed by atoms with Gasteiger partial charge in [0.15, 0.2) is 0 Å². The molecule has 2 aliphatic heterocycles. The molecule has 1 saturated carbocycles. The molecule has 1 aliphatic carbocycles. The Morgan fingerprint density at radius 2 is 2.23 bits per heavy atom. The van der Waals surface area contributed by atoms with Crippen molar-refractivity contribution < 1.29 is 5.11 Å². The van der Waals surface area contributed by atoms with Crippen LogP contribution < -0.4 is 5.56 Å². The Morgan fingerprint density at radius 1 is 1.36 bits per heavy atom. The predicted molar refractivity (Wildman–Crippen MR) is 87.1 cm³/mol. The van der Waals surface area contributed by atoms with Crippen LogP contribution in [0.2, 0.25) is 0 Å². The van der Waals surface area contributed by atoms with Crippen molar-refractivity contribution in [2.75, 3.05) is 18.8 Å². The van der Waals surface area contributed by atoms with Crippen LogP contribution in [0, 0.1) is 5.92 Å². The summed E-state index contributed by atoms with van der Waals surface area (Å²) < 4.78 is 1.67. The van der Waals surface area contributed by atoms with Gasteiger partial charge in [0, 0.05) is 43.3 Å². The largest absolute Gasteiger partial charge is 0.391 e. The van der Waals surface area contributed by atoms with Gasteiger partial charge in [0.1, 0.15) is 0 Å². The van der Waals surface area contributed by atoms with Gasteiger partial charge < -0.3 is 5.11 Å². The van der Waals surface area contributed by atoms with Crippen molar-refractivity contribution >= 4 is 11.8 Å². The minimum Gasteiger partial charge on any atom is -0.391 e. The molecule has 5 nitrogen and oxygen atoms in total. The first kappa shape index (κ1) is 14.7. The summed E-state index contributed by atoms with van der Waals surface area (Å²) in [5, 5.41) is 14.6. The highest BCUT2D eigenvalue weighted by Crippen LogP contribution is 2.30. The molecule has 2 fully saturated rings. The Bertz CT molecular complexity index is 612. The van der Waals surface area contributed by atoms with Gasteiger partial charge in [-0.1, -0.05) is 0 Å². The lowest BCUT2D eigenvalue weighted by Crippen LogP contribution is -2.56. The van der Waals surface area contributed by atoms with Crippen molar-refractivity contribution in [3.63, 3.8) is 0 Å². The highest BCUT2D eigenvalue weighted by atomic mass is 32.2. The molecule has 0 aromatic carbocycles. The molecule has 0 amide bonds. The second-order valence-electron chi connectivity index (χ2n) is 6.82. The van der Waals surface area contributed by atoms with Crippen molar-refractivity contribution in [3.05, 3.63) is 27.7 Å². The van der Waals surface area contributed by atoms with Gasteiger partial charge in [-0.2, -0.15) is 16.9 Å². The summed E-state index contributed by atoms with van der Waals surface area (Å²) in [6.07, 6.45) is 4.02. The molecule has 0 radical (unpaired) electrons. The molecule has 1 N–H and O–H groups in total. The Morgan fingerprint density at radius 3 is 3.00 bits per heavy atom. The molecular weight excluding hydrogens is 298 g/mol. The fourth-order valence-corrected chi connectivity index (χ4v) is 4.92. The van der Waals surface area contributed by atoms with Gasteiger partial charge in [-0.3, -0.25) is 9.69 Å². The number of aromatic nitrogens is 2. The van der Waals surface area contributed by atoms with E-state index in [0.29, 0.717) is 12.0 Å². The number of rotatable bonds is 3. The van der Waals surface area contributed by atoms with E-state index < -0.39 is 0 Å². The van der Waals surface area contributed by atoms with Crippen LogP contribution in [0.3, 0.4) is 0 Å². The topological polar surface area (TPSA) is 58.4 Å². The third kappa shape index (κ3) is 2.72. The molecule has 1 saturated heterocycles. The third-order valence-electron chi connectivity index (χ3n) is 5.23. The van der Waals surface area contributed by atoms with E-state index in [1.807, 2.05) is 11.8 Å². The molecule has 120 valence electrons. The summed E-state index contributed by atoms with van der Waals surface area (Å²) in [6, 6.07) is 2.13. The van der Waals surface area contributed by atoms with Gasteiger partial charge in [0.05, 0.1) is 18.3 Å². The maximum atomic E-state index is 12.2. The van der Waals surface area contributed by atoms with Crippen LogP contribution in [0.4, 0.5) is 0 Å². The van der Waals surface area contributed by atoms with Crippen molar-refractivity contribution in [2.45, 2.75) is 50.1 Å². The third-order valence-corrected chi connectivity index (χ3v) is 6.24. The summed E-state index contributed by atoms with van der Waals surface area (Å²) in [6.45, 7) is 2.70. The van der Waals surface area contributed by atoms with Gasteiger partial charge in [0.2, 0.25) is 0 Å². The molecule has 3 aliphatic rings. The minimum atomic E-state index is -0.150. The molecule has 4 rings (SSSR count). The molecule has 22 heavy (non-hydrogen) atoms. The number of thioether (sulfide) groups is 1. The number of likely N-dealkylation sites (tertiary alicyclic amines) is 1. The summed E-state index contributed by atoms with van der Waals surface area (Å²) in [7, 11) is 0. The van der Waals surface area contributed by atoms with Crippen LogP contribution in [-0.4, -0.2) is 50.8 Å². The molecule has 0 bridgehead atoms. The van der Waals surface area contributed by atoms with Crippen LogP contribution in [0.15, 0.2) is 10.9 Å². The first-order valence-corrected chi connectivity index (χ1v) is 9.46. The summed E-state index contributed by atoms with van der Waals surface area (Å²) >= 11 is 1.88. The molecule has 2 atom stereocenters. The van der Waals surface area contributed by atoms with Gasteiger partial charge in [0.25, 0.3) is 5.56 Å². The van der Waals surface area contributed by atoms with Crippen LogP contribution in [0.5, 0.6) is 0 Å². The van der Waals surface area contributed by atoms with Gasteiger partial charge in [-0.15, -0.1) is 0 Å². The highest BCUT2D eigenvalue weighted by molar-refractivity contribution is 7.98. The van der Waals surface area contributed by atoms with Crippen molar-refractivity contribution in [1.29, 1.82) is 0 Å². The second kappa shape index (κ2) is 5.98. The monoisotopic (exact) mass is 321 g/mol. The minimum absolute atomic E-state index is 0.0422. The average molecular weight is 321 g/mol. The fraction of sp³-hybridized carbons (Fsp3) is 0.750. The standard InChI is InChI=1S/C16H23N3O2S/c20-15-3-1-2-14(15)18-7-11(8-18)9-19-16(21)6-12-10-22-5-4-13(12)17-19/h6,11,14-15,20H,1-5,7-10H2. The lowest BCUT2D eigenvalue weighted by Gasteiger charge is -2.44. The lowest BCUT2D eigenvalue weighted by atomic mass is 9.96. The van der Waals surface area contributed by atoms with Crippen LogP contribution in [-0.2, 0) is 18.7 Å². The van der Waals surface area contributed by atoms with E-state index in [1.165, 1.54) is 0 Å². The van der Waals surface area contributed by atoms with Crippen LogP contribution >= 0.6 is 11.8 Å². The van der Waals surface area contributed by atoms with E-state index in [4.69, 9.17) is 0 Å². The number of hydrogen-bond acceptors (Lipinski definition) is 5.